The molecule has 1 aromatic heterocycles. The van der Waals surface area contributed by atoms with E-state index in [0.717, 1.165) is 27.8 Å². The number of furan rings is 1. The first-order valence-electron chi connectivity index (χ1n) is 6.91. The van der Waals surface area contributed by atoms with Crippen LogP contribution in [-0.2, 0) is 16.4 Å². The number of hydrogen-bond donors (Lipinski definition) is 1. The Bertz CT molecular complexity index is 705. The van der Waals surface area contributed by atoms with E-state index in [1.54, 1.807) is 12.5 Å². The third-order valence-corrected chi connectivity index (χ3v) is 5.59. The quantitative estimate of drug-likeness (QED) is 0.923. The van der Waals surface area contributed by atoms with E-state index in [1.165, 1.54) is 0 Å². The Kier molecular flexibility index (Phi) is 4.54. The fourth-order valence-corrected chi connectivity index (χ4v) is 4.06. The van der Waals surface area contributed by atoms with E-state index in [0.29, 0.717) is 17.9 Å². The Morgan fingerprint density at radius 1 is 1.10 bits per heavy atom. The lowest BCUT2D eigenvalue weighted by molar-refractivity contribution is 0.562. The topological polar surface area (TPSA) is 59.3 Å². The summed E-state index contributed by atoms with van der Waals surface area (Å²) in [5, 5.41) is 0. The van der Waals surface area contributed by atoms with Gasteiger partial charge in [-0.25, -0.2) is 13.1 Å². The maximum atomic E-state index is 12.6. The van der Waals surface area contributed by atoms with Crippen LogP contribution < -0.4 is 4.72 Å². The van der Waals surface area contributed by atoms with Gasteiger partial charge in [0, 0.05) is 6.54 Å². The van der Waals surface area contributed by atoms with Crippen molar-refractivity contribution in [3.8, 4) is 0 Å². The molecule has 0 saturated carbocycles. The molecular weight excluding hydrogens is 286 g/mol. The number of benzene rings is 1. The zero-order valence-electron chi connectivity index (χ0n) is 12.9. The largest absolute Gasteiger partial charge is 0.472 e. The Morgan fingerprint density at radius 3 is 2.24 bits per heavy atom. The molecular formula is C16H21NO3S. The van der Waals surface area contributed by atoms with Crippen molar-refractivity contribution in [1.29, 1.82) is 0 Å². The monoisotopic (exact) mass is 307 g/mol. The maximum Gasteiger partial charge on any atom is 0.241 e. The smallest absolute Gasteiger partial charge is 0.241 e. The van der Waals surface area contributed by atoms with Crippen LogP contribution in [0.25, 0.3) is 0 Å². The third-order valence-electron chi connectivity index (χ3n) is 3.85. The number of rotatable bonds is 5. The van der Waals surface area contributed by atoms with Crippen molar-refractivity contribution in [3.05, 3.63) is 52.5 Å². The van der Waals surface area contributed by atoms with Crippen molar-refractivity contribution < 1.29 is 12.8 Å². The summed E-state index contributed by atoms with van der Waals surface area (Å²) in [6.07, 6.45) is 3.82. The third kappa shape index (κ3) is 3.36. The highest BCUT2D eigenvalue weighted by molar-refractivity contribution is 7.89. The first kappa shape index (κ1) is 15.8. The lowest BCUT2D eigenvalue weighted by Gasteiger charge is -2.16. The summed E-state index contributed by atoms with van der Waals surface area (Å²) >= 11 is 0. The molecule has 0 fully saturated rings. The van der Waals surface area contributed by atoms with Crippen LogP contribution >= 0.6 is 0 Å². The normalized spacial score (nSPS) is 11.8. The summed E-state index contributed by atoms with van der Waals surface area (Å²) < 4.78 is 32.8. The minimum absolute atomic E-state index is 0.355. The van der Waals surface area contributed by atoms with Crippen molar-refractivity contribution in [2.75, 3.05) is 6.54 Å². The van der Waals surface area contributed by atoms with Crippen molar-refractivity contribution in [1.82, 2.24) is 4.72 Å². The van der Waals surface area contributed by atoms with Crippen LogP contribution in [0.5, 0.6) is 0 Å². The Labute approximate surface area is 126 Å². The van der Waals surface area contributed by atoms with Gasteiger partial charge in [0.05, 0.1) is 17.4 Å². The second kappa shape index (κ2) is 6.03. The van der Waals surface area contributed by atoms with E-state index >= 15 is 0 Å². The average molecular weight is 307 g/mol. The van der Waals surface area contributed by atoms with E-state index in [1.807, 2.05) is 39.8 Å². The van der Waals surface area contributed by atoms with Gasteiger partial charge in [-0.1, -0.05) is 6.07 Å². The van der Waals surface area contributed by atoms with Crippen LogP contribution in [0.2, 0.25) is 0 Å². The van der Waals surface area contributed by atoms with Crippen LogP contribution in [0.1, 0.15) is 27.8 Å². The fourth-order valence-electron chi connectivity index (χ4n) is 2.42. The molecule has 21 heavy (non-hydrogen) atoms. The number of nitrogens with one attached hydrogen (secondary N) is 1. The number of hydrogen-bond acceptors (Lipinski definition) is 3. The molecule has 0 amide bonds. The summed E-state index contributed by atoms with van der Waals surface area (Å²) in [4.78, 5) is 0.409. The van der Waals surface area contributed by atoms with Gasteiger partial charge in [0.2, 0.25) is 10.0 Å². The van der Waals surface area contributed by atoms with Gasteiger partial charge in [-0.2, -0.15) is 0 Å². The van der Waals surface area contributed by atoms with Crippen LogP contribution in [0, 0.1) is 27.7 Å². The molecule has 0 aliphatic heterocycles. The molecule has 5 heteroatoms. The van der Waals surface area contributed by atoms with Gasteiger partial charge in [0.1, 0.15) is 0 Å². The minimum Gasteiger partial charge on any atom is -0.472 e. The maximum absolute atomic E-state index is 12.6. The van der Waals surface area contributed by atoms with Crippen molar-refractivity contribution >= 4 is 10.0 Å². The zero-order chi connectivity index (χ0) is 15.6. The predicted octanol–water partition coefficient (Wildman–Crippen LogP) is 3.03. The molecule has 1 heterocycles. The van der Waals surface area contributed by atoms with Crippen LogP contribution in [-0.4, -0.2) is 15.0 Å². The van der Waals surface area contributed by atoms with E-state index < -0.39 is 10.0 Å². The number of aryl methyl sites for hydroxylation is 2. The summed E-state index contributed by atoms with van der Waals surface area (Å²) in [6, 6.07) is 3.86. The highest BCUT2D eigenvalue weighted by Crippen LogP contribution is 2.25. The van der Waals surface area contributed by atoms with Crippen molar-refractivity contribution in [3.63, 3.8) is 0 Å². The molecule has 0 unspecified atom stereocenters. The molecule has 0 bridgehead atoms. The molecule has 0 radical (unpaired) electrons. The highest BCUT2D eigenvalue weighted by atomic mass is 32.2. The Morgan fingerprint density at radius 2 is 1.71 bits per heavy atom. The van der Waals surface area contributed by atoms with E-state index in [-0.39, 0.29) is 0 Å². The molecule has 0 spiro atoms. The molecule has 4 nitrogen and oxygen atoms in total. The van der Waals surface area contributed by atoms with Gasteiger partial charge in [-0.3, -0.25) is 0 Å². The standard InChI is InChI=1S/C16H21NO3S/c1-11-9-12(2)14(4)16(13(11)3)21(18,19)17-7-5-15-6-8-20-10-15/h6,8-10,17H,5,7H2,1-4H3. The minimum atomic E-state index is -3.50. The summed E-state index contributed by atoms with van der Waals surface area (Å²) in [5.41, 5.74) is 4.59. The second-order valence-electron chi connectivity index (χ2n) is 5.37. The average Bonchev–Trinajstić information content (AvgIpc) is 2.89. The second-order valence-corrected chi connectivity index (χ2v) is 7.07. The van der Waals surface area contributed by atoms with E-state index in [9.17, 15) is 8.42 Å². The van der Waals surface area contributed by atoms with Crippen LogP contribution in [0.3, 0.4) is 0 Å². The first-order chi connectivity index (χ1) is 9.83. The highest BCUT2D eigenvalue weighted by Gasteiger charge is 2.21. The first-order valence-corrected chi connectivity index (χ1v) is 8.39. The molecule has 0 saturated heterocycles. The zero-order valence-corrected chi connectivity index (χ0v) is 13.7. The van der Waals surface area contributed by atoms with Crippen LogP contribution in [0.15, 0.2) is 34.0 Å². The molecule has 0 aliphatic carbocycles. The van der Waals surface area contributed by atoms with Gasteiger partial charge in [-0.15, -0.1) is 0 Å². The Hall–Kier alpha value is -1.59. The molecule has 2 aromatic rings. The van der Waals surface area contributed by atoms with Crippen molar-refractivity contribution in [2.24, 2.45) is 0 Å². The Balaban J connectivity index is 2.23. The van der Waals surface area contributed by atoms with Gasteiger partial charge in [0.15, 0.2) is 0 Å². The van der Waals surface area contributed by atoms with Gasteiger partial charge in [0.25, 0.3) is 0 Å². The van der Waals surface area contributed by atoms with Gasteiger partial charge >= 0.3 is 0 Å². The predicted molar refractivity (Wildman–Crippen MR) is 83.0 cm³/mol. The summed E-state index contributed by atoms with van der Waals surface area (Å²) in [7, 11) is -3.50. The van der Waals surface area contributed by atoms with Crippen molar-refractivity contribution in [2.45, 2.75) is 39.0 Å². The van der Waals surface area contributed by atoms with Gasteiger partial charge < -0.3 is 4.42 Å². The summed E-state index contributed by atoms with van der Waals surface area (Å²) in [6.45, 7) is 7.94. The number of sulfonamides is 1. The van der Waals surface area contributed by atoms with E-state index in [4.69, 9.17) is 4.42 Å². The lowest BCUT2D eigenvalue weighted by Crippen LogP contribution is -2.27. The molecule has 0 atom stereocenters. The summed E-state index contributed by atoms with van der Waals surface area (Å²) in [5.74, 6) is 0. The SMILES string of the molecule is Cc1cc(C)c(C)c(S(=O)(=O)NCCc2ccoc2)c1C. The molecule has 1 N–H and O–H groups in total. The molecule has 0 aliphatic rings. The van der Waals surface area contributed by atoms with Gasteiger partial charge in [-0.05, 0) is 68.0 Å². The lowest BCUT2D eigenvalue weighted by atomic mass is 10.0. The van der Waals surface area contributed by atoms with Crippen LogP contribution in [0.4, 0.5) is 0 Å². The fraction of sp³-hybridized carbons (Fsp3) is 0.375. The molecule has 2 rings (SSSR count). The molecule has 1 aromatic carbocycles. The van der Waals surface area contributed by atoms with E-state index in [2.05, 4.69) is 4.72 Å². The molecule has 114 valence electrons.